The lowest BCUT2D eigenvalue weighted by molar-refractivity contribution is 0.267. The van der Waals surface area contributed by atoms with E-state index in [1.54, 1.807) is 11.8 Å². The monoisotopic (exact) mass is 326 g/mol. The molecule has 1 aromatic carbocycles. The van der Waals surface area contributed by atoms with E-state index in [0.29, 0.717) is 18.2 Å². The van der Waals surface area contributed by atoms with Gasteiger partial charge in [-0.05, 0) is 56.7 Å². The van der Waals surface area contributed by atoms with Crippen molar-refractivity contribution in [2.45, 2.75) is 24.3 Å². The van der Waals surface area contributed by atoms with Crippen LogP contribution in [-0.2, 0) is 9.84 Å². The molecular formula is C15H22N2O2S2. The zero-order valence-electron chi connectivity index (χ0n) is 12.7. The molecule has 0 heterocycles. The number of nitrogens with zero attached hydrogens (tertiary/aromatic N) is 2. The molecule has 0 N–H and O–H groups in total. The van der Waals surface area contributed by atoms with Crippen molar-refractivity contribution in [2.75, 3.05) is 31.4 Å². The maximum Gasteiger partial charge on any atom is 0.179 e. The Bertz CT molecular complexity index is 577. The Morgan fingerprint density at radius 1 is 1.33 bits per heavy atom. The van der Waals surface area contributed by atoms with Crippen molar-refractivity contribution in [3.05, 3.63) is 29.8 Å². The van der Waals surface area contributed by atoms with Gasteiger partial charge in [0.2, 0.25) is 0 Å². The number of hydrogen-bond acceptors (Lipinski definition) is 5. The zero-order chi connectivity index (χ0) is 15.9. The fraction of sp³-hybridized carbons (Fsp3) is 0.533. The van der Waals surface area contributed by atoms with Gasteiger partial charge in [-0.15, -0.1) is 0 Å². The fourth-order valence-corrected chi connectivity index (χ4v) is 3.74. The molecule has 0 amide bonds. The zero-order valence-corrected chi connectivity index (χ0v) is 14.4. The first kappa shape index (κ1) is 18.0. The molecule has 6 heteroatoms. The van der Waals surface area contributed by atoms with Gasteiger partial charge in [0.15, 0.2) is 9.84 Å². The first-order chi connectivity index (χ1) is 9.90. The average molecular weight is 326 g/mol. The third-order valence-corrected chi connectivity index (χ3v) is 5.90. The van der Waals surface area contributed by atoms with Crippen molar-refractivity contribution in [1.82, 2.24) is 4.90 Å². The van der Waals surface area contributed by atoms with E-state index in [9.17, 15) is 8.42 Å². The molecule has 0 spiro atoms. The van der Waals surface area contributed by atoms with Crippen LogP contribution in [0.4, 0.5) is 0 Å². The van der Waals surface area contributed by atoms with Gasteiger partial charge in [-0.25, -0.2) is 8.42 Å². The second-order valence-electron chi connectivity index (χ2n) is 5.07. The minimum absolute atomic E-state index is 0.0962. The van der Waals surface area contributed by atoms with Gasteiger partial charge >= 0.3 is 0 Å². The molecule has 0 radical (unpaired) electrons. The van der Waals surface area contributed by atoms with E-state index in [1.807, 2.05) is 13.1 Å². The molecule has 21 heavy (non-hydrogen) atoms. The lowest BCUT2D eigenvalue weighted by atomic mass is 10.2. The number of rotatable bonds is 8. The third kappa shape index (κ3) is 5.70. The highest BCUT2D eigenvalue weighted by Gasteiger charge is 2.17. The first-order valence-corrected chi connectivity index (χ1v) is 9.87. The molecule has 116 valence electrons. The average Bonchev–Trinajstić information content (AvgIpc) is 2.50. The van der Waals surface area contributed by atoms with Crippen LogP contribution >= 0.6 is 11.8 Å². The number of sulfone groups is 1. The Morgan fingerprint density at radius 2 is 1.95 bits per heavy atom. The van der Waals surface area contributed by atoms with E-state index >= 15 is 0 Å². The molecule has 0 aromatic heterocycles. The summed E-state index contributed by atoms with van der Waals surface area (Å²) < 4.78 is 24.5. The lowest BCUT2D eigenvalue weighted by Gasteiger charge is -2.24. The maximum absolute atomic E-state index is 12.3. The maximum atomic E-state index is 12.3. The minimum atomic E-state index is -3.29. The van der Waals surface area contributed by atoms with E-state index < -0.39 is 9.84 Å². The summed E-state index contributed by atoms with van der Waals surface area (Å²) in [6.07, 6.45) is 3.12. The van der Waals surface area contributed by atoms with E-state index in [1.165, 1.54) is 24.3 Å². The summed E-state index contributed by atoms with van der Waals surface area (Å²) in [5.74, 6) is 1.17. The topological polar surface area (TPSA) is 61.2 Å². The van der Waals surface area contributed by atoms with Crippen LogP contribution in [0.1, 0.15) is 18.9 Å². The van der Waals surface area contributed by atoms with Crippen molar-refractivity contribution in [3.8, 4) is 6.07 Å². The van der Waals surface area contributed by atoms with Crippen molar-refractivity contribution in [2.24, 2.45) is 0 Å². The highest BCUT2D eigenvalue weighted by molar-refractivity contribution is 7.98. The molecule has 0 saturated carbocycles. The standard InChI is InChI=1S/C15H22N2O2S2/c1-13(8-10-20-3)17(2)9-11-21(18,19)15-6-4-14(12-16)5-7-15/h4-7,13H,8-11H2,1-3H3. The number of benzene rings is 1. The van der Waals surface area contributed by atoms with Crippen molar-refractivity contribution < 1.29 is 8.42 Å². The Labute approximate surface area is 132 Å². The Hall–Kier alpha value is -1.03. The Kier molecular flexibility index (Phi) is 7.23. The molecule has 0 aliphatic rings. The number of thioether (sulfide) groups is 1. The minimum Gasteiger partial charge on any atom is -0.303 e. The second kappa shape index (κ2) is 8.42. The molecule has 0 fully saturated rings. The van der Waals surface area contributed by atoms with Gasteiger partial charge in [0.1, 0.15) is 0 Å². The summed E-state index contributed by atoms with van der Waals surface area (Å²) >= 11 is 1.80. The van der Waals surface area contributed by atoms with Gasteiger partial charge in [-0.2, -0.15) is 17.0 Å². The number of nitriles is 1. The van der Waals surface area contributed by atoms with E-state index in [0.717, 1.165) is 12.2 Å². The molecule has 1 atom stereocenters. The third-order valence-electron chi connectivity index (χ3n) is 3.55. The van der Waals surface area contributed by atoms with Crippen LogP contribution in [0.5, 0.6) is 0 Å². The summed E-state index contributed by atoms with van der Waals surface area (Å²) in [5.41, 5.74) is 0.469. The summed E-state index contributed by atoms with van der Waals surface area (Å²) in [5, 5.41) is 8.73. The van der Waals surface area contributed by atoms with Crippen molar-refractivity contribution in [1.29, 1.82) is 5.26 Å². The SMILES string of the molecule is CSCCC(C)N(C)CCS(=O)(=O)c1ccc(C#N)cc1. The normalized spacial score (nSPS) is 13.1. The van der Waals surface area contributed by atoms with Gasteiger partial charge < -0.3 is 4.90 Å². The lowest BCUT2D eigenvalue weighted by Crippen LogP contribution is -2.33. The predicted molar refractivity (Wildman–Crippen MR) is 88.3 cm³/mol. The molecule has 0 aliphatic heterocycles. The van der Waals surface area contributed by atoms with Crippen LogP contribution in [-0.4, -0.2) is 50.7 Å². The largest absolute Gasteiger partial charge is 0.303 e. The molecule has 0 saturated heterocycles. The summed E-state index contributed by atoms with van der Waals surface area (Å²) in [4.78, 5) is 2.36. The smallest absolute Gasteiger partial charge is 0.179 e. The highest BCUT2D eigenvalue weighted by Crippen LogP contribution is 2.13. The number of hydrogen-bond donors (Lipinski definition) is 0. The molecule has 1 unspecified atom stereocenters. The van der Waals surface area contributed by atoms with Crippen LogP contribution in [0.15, 0.2) is 29.2 Å². The van der Waals surface area contributed by atoms with Crippen LogP contribution in [0.3, 0.4) is 0 Å². The Morgan fingerprint density at radius 3 is 2.48 bits per heavy atom. The van der Waals surface area contributed by atoms with Crippen LogP contribution < -0.4 is 0 Å². The molecule has 4 nitrogen and oxygen atoms in total. The van der Waals surface area contributed by atoms with Gasteiger partial charge in [0.05, 0.1) is 22.3 Å². The van der Waals surface area contributed by atoms with Crippen LogP contribution in [0.25, 0.3) is 0 Å². The molecule has 0 aliphatic carbocycles. The van der Waals surface area contributed by atoms with Crippen LogP contribution in [0.2, 0.25) is 0 Å². The molecule has 1 rings (SSSR count). The van der Waals surface area contributed by atoms with Crippen LogP contribution in [0, 0.1) is 11.3 Å². The van der Waals surface area contributed by atoms with E-state index in [4.69, 9.17) is 5.26 Å². The molecule has 1 aromatic rings. The van der Waals surface area contributed by atoms with Crippen molar-refractivity contribution in [3.63, 3.8) is 0 Å². The molecule has 0 bridgehead atoms. The Balaban J connectivity index is 2.62. The quantitative estimate of drug-likeness (QED) is 0.734. The van der Waals surface area contributed by atoms with Gasteiger partial charge in [-0.3, -0.25) is 0 Å². The van der Waals surface area contributed by atoms with Gasteiger partial charge in [0, 0.05) is 12.6 Å². The van der Waals surface area contributed by atoms with E-state index in [2.05, 4.69) is 18.1 Å². The summed E-state index contributed by atoms with van der Waals surface area (Å²) in [7, 11) is -1.33. The summed E-state index contributed by atoms with van der Waals surface area (Å²) in [6.45, 7) is 2.63. The van der Waals surface area contributed by atoms with Gasteiger partial charge in [0.25, 0.3) is 0 Å². The van der Waals surface area contributed by atoms with Crippen molar-refractivity contribution >= 4 is 21.6 Å². The van der Waals surface area contributed by atoms with E-state index in [-0.39, 0.29) is 10.6 Å². The fourth-order valence-electron chi connectivity index (χ4n) is 1.85. The predicted octanol–water partition coefficient (Wildman–Crippen LogP) is 2.41. The molecular weight excluding hydrogens is 304 g/mol. The second-order valence-corrected chi connectivity index (χ2v) is 8.16. The van der Waals surface area contributed by atoms with Gasteiger partial charge in [-0.1, -0.05) is 0 Å². The highest BCUT2D eigenvalue weighted by atomic mass is 32.2. The first-order valence-electron chi connectivity index (χ1n) is 6.83. The summed E-state index contributed by atoms with van der Waals surface area (Å²) in [6, 6.07) is 8.44.